The molecule has 1 N–H and O–H groups in total. The summed E-state index contributed by atoms with van der Waals surface area (Å²) in [6.45, 7) is 2.70. The van der Waals surface area contributed by atoms with Gasteiger partial charge in [0.1, 0.15) is 7.85 Å². The average molecular weight is 546 g/mol. The van der Waals surface area contributed by atoms with Crippen molar-refractivity contribution in [3.05, 3.63) is 68.2 Å². The lowest BCUT2D eigenvalue weighted by molar-refractivity contribution is -0.139. The lowest BCUT2D eigenvalue weighted by Crippen LogP contribution is -2.46. The van der Waals surface area contributed by atoms with Gasteiger partial charge in [-0.2, -0.15) is 13.2 Å². The lowest BCUT2D eigenvalue weighted by atomic mass is 9.87. The molecule has 35 heavy (non-hydrogen) atoms. The van der Waals surface area contributed by atoms with E-state index in [0.717, 1.165) is 18.2 Å². The maximum absolute atomic E-state index is 13.8. The molecule has 1 aliphatic rings. The van der Waals surface area contributed by atoms with Crippen molar-refractivity contribution >= 4 is 66.0 Å². The number of rotatable bonds is 5. The molecule has 0 aliphatic carbocycles. The van der Waals surface area contributed by atoms with Crippen molar-refractivity contribution < 1.29 is 22.8 Å². The quantitative estimate of drug-likeness (QED) is 0.425. The third kappa shape index (κ3) is 6.96. The van der Waals surface area contributed by atoms with Crippen LogP contribution in [0.5, 0.6) is 0 Å². The molecule has 1 unspecified atom stereocenters. The SMILES string of the molecule is Bc1cc(/C=C/C(c2cc(Cl)c(Cl)c(Cl)c2)C(F)(F)F)ccc1C(=O)NC1CCN(C(C)=O)CC1. The number of benzene rings is 2. The number of carbonyl (C=O) groups is 2. The minimum absolute atomic E-state index is 0.00381. The first-order chi connectivity index (χ1) is 16.4. The fraction of sp³-hybridized carbons (Fsp3) is 0.333. The molecule has 2 aromatic carbocycles. The average Bonchev–Trinajstić information content (AvgIpc) is 2.77. The van der Waals surface area contributed by atoms with E-state index < -0.39 is 12.1 Å². The zero-order chi connectivity index (χ0) is 25.9. The zero-order valence-corrected chi connectivity index (χ0v) is 21.3. The van der Waals surface area contributed by atoms with Crippen molar-refractivity contribution in [1.82, 2.24) is 10.2 Å². The molecule has 0 saturated carbocycles. The van der Waals surface area contributed by atoms with Gasteiger partial charge in [-0.3, -0.25) is 9.59 Å². The van der Waals surface area contributed by atoms with Crippen LogP contribution in [0.1, 0.15) is 47.2 Å². The first-order valence-electron chi connectivity index (χ1n) is 10.9. The first kappa shape index (κ1) is 27.4. The van der Waals surface area contributed by atoms with Crippen molar-refractivity contribution in [3.63, 3.8) is 0 Å². The summed E-state index contributed by atoms with van der Waals surface area (Å²) < 4.78 is 41.3. The molecule has 1 aliphatic heterocycles. The molecule has 11 heteroatoms. The number of likely N-dealkylation sites (tertiary alicyclic amines) is 1. The highest BCUT2D eigenvalue weighted by Crippen LogP contribution is 2.41. The van der Waals surface area contributed by atoms with E-state index >= 15 is 0 Å². The number of nitrogens with zero attached hydrogens (tertiary/aromatic N) is 1. The summed E-state index contributed by atoms with van der Waals surface area (Å²) in [5, 5.41) is 2.86. The highest BCUT2D eigenvalue weighted by atomic mass is 35.5. The second kappa shape index (κ2) is 11.3. The molecule has 4 nitrogen and oxygen atoms in total. The molecule has 1 fully saturated rings. The maximum atomic E-state index is 13.8. The monoisotopic (exact) mass is 544 g/mol. The van der Waals surface area contributed by atoms with Crippen molar-refractivity contribution in [2.45, 2.75) is 37.9 Å². The maximum Gasteiger partial charge on any atom is 0.399 e. The zero-order valence-electron chi connectivity index (χ0n) is 19.1. The van der Waals surface area contributed by atoms with Crippen LogP contribution >= 0.6 is 34.8 Å². The van der Waals surface area contributed by atoms with Crippen LogP contribution in [0.3, 0.4) is 0 Å². The van der Waals surface area contributed by atoms with E-state index in [-0.39, 0.29) is 38.5 Å². The van der Waals surface area contributed by atoms with Gasteiger partial charge < -0.3 is 10.2 Å². The fourth-order valence-corrected chi connectivity index (χ4v) is 4.63. The number of amides is 2. The van der Waals surface area contributed by atoms with Crippen LogP contribution in [0.4, 0.5) is 13.2 Å². The Balaban J connectivity index is 1.74. The van der Waals surface area contributed by atoms with Crippen LogP contribution in [0.2, 0.25) is 15.1 Å². The number of allylic oxidation sites excluding steroid dienone is 1. The number of carbonyl (C=O) groups excluding carboxylic acids is 2. The van der Waals surface area contributed by atoms with Crippen molar-refractivity contribution in [2.75, 3.05) is 13.1 Å². The first-order valence-corrected chi connectivity index (χ1v) is 12.1. The Hall–Kier alpha value is -2.16. The second-order valence-corrected chi connectivity index (χ2v) is 9.70. The Bertz CT molecular complexity index is 1130. The summed E-state index contributed by atoms with van der Waals surface area (Å²) in [5.41, 5.74) is 1.46. The molecule has 1 atom stereocenters. The molecule has 0 aromatic heterocycles. The topological polar surface area (TPSA) is 49.4 Å². The molecular weight excluding hydrogens is 522 g/mol. The van der Waals surface area contributed by atoms with Crippen LogP contribution < -0.4 is 10.8 Å². The third-order valence-corrected chi connectivity index (χ3v) is 7.17. The van der Waals surface area contributed by atoms with Gasteiger partial charge in [0.15, 0.2) is 0 Å². The molecule has 0 spiro atoms. The van der Waals surface area contributed by atoms with Gasteiger partial charge in [-0.25, -0.2) is 0 Å². The summed E-state index contributed by atoms with van der Waals surface area (Å²) in [4.78, 5) is 25.9. The molecule has 3 rings (SSSR count). The standard InChI is InChI=1S/C24H23BCl3F3N2O2/c1-13(34)33-8-6-16(7-9-33)32-23(35)17-4-2-14(10-19(17)25)3-5-18(24(29,30)31)15-11-20(26)22(28)21(27)12-15/h2-5,10-12,16,18H,6-9,25H2,1H3,(H,32,35)/b5-3+. The molecule has 1 heterocycles. The Kier molecular flexibility index (Phi) is 8.83. The Morgan fingerprint density at radius 1 is 1.11 bits per heavy atom. The summed E-state index contributed by atoms with van der Waals surface area (Å²) >= 11 is 17.7. The summed E-state index contributed by atoms with van der Waals surface area (Å²) in [6, 6.07) is 7.09. The minimum Gasteiger partial charge on any atom is -0.349 e. The molecular formula is C24H23BCl3F3N2O2. The van der Waals surface area contributed by atoms with Crippen LogP contribution in [0.25, 0.3) is 6.08 Å². The van der Waals surface area contributed by atoms with Crippen LogP contribution in [0, 0.1) is 0 Å². The van der Waals surface area contributed by atoms with Gasteiger partial charge in [0.2, 0.25) is 5.91 Å². The predicted molar refractivity (Wildman–Crippen MR) is 137 cm³/mol. The highest BCUT2D eigenvalue weighted by Gasteiger charge is 2.39. The molecule has 1 saturated heterocycles. The van der Waals surface area contributed by atoms with E-state index in [1.54, 1.807) is 30.9 Å². The van der Waals surface area contributed by atoms with Crippen molar-refractivity contribution in [1.29, 1.82) is 0 Å². The summed E-state index contributed by atoms with van der Waals surface area (Å²) in [6.07, 6.45) is -0.872. The summed E-state index contributed by atoms with van der Waals surface area (Å²) in [5.74, 6) is -2.18. The predicted octanol–water partition coefficient (Wildman–Crippen LogP) is 5.01. The van der Waals surface area contributed by atoms with E-state index in [1.165, 1.54) is 13.0 Å². The number of alkyl halides is 3. The molecule has 0 bridgehead atoms. The van der Waals surface area contributed by atoms with Crippen LogP contribution in [-0.2, 0) is 4.79 Å². The van der Waals surface area contributed by atoms with Gasteiger partial charge in [0.25, 0.3) is 5.91 Å². The second-order valence-electron chi connectivity index (χ2n) is 8.51. The number of hydrogen-bond acceptors (Lipinski definition) is 2. The van der Waals surface area contributed by atoms with Crippen molar-refractivity contribution in [3.8, 4) is 0 Å². The largest absolute Gasteiger partial charge is 0.399 e. The Morgan fingerprint density at radius 2 is 1.71 bits per heavy atom. The smallest absolute Gasteiger partial charge is 0.349 e. The van der Waals surface area contributed by atoms with Gasteiger partial charge >= 0.3 is 6.18 Å². The number of piperidine rings is 1. The Morgan fingerprint density at radius 3 is 2.23 bits per heavy atom. The van der Waals surface area contributed by atoms with E-state index in [0.29, 0.717) is 42.5 Å². The summed E-state index contributed by atoms with van der Waals surface area (Å²) in [7, 11) is 1.73. The van der Waals surface area contributed by atoms with Crippen LogP contribution in [-0.4, -0.2) is 49.9 Å². The van der Waals surface area contributed by atoms with Gasteiger partial charge in [0.05, 0.1) is 21.0 Å². The van der Waals surface area contributed by atoms with E-state index in [2.05, 4.69) is 5.32 Å². The fourth-order valence-electron chi connectivity index (χ4n) is 4.02. The number of hydrogen-bond donors (Lipinski definition) is 1. The molecule has 0 radical (unpaired) electrons. The lowest BCUT2D eigenvalue weighted by Gasteiger charge is -2.31. The van der Waals surface area contributed by atoms with Gasteiger partial charge in [-0.05, 0) is 42.2 Å². The van der Waals surface area contributed by atoms with E-state index in [1.807, 2.05) is 0 Å². The highest BCUT2D eigenvalue weighted by molar-refractivity contribution is 6.48. The molecule has 186 valence electrons. The van der Waals surface area contributed by atoms with Gasteiger partial charge in [-0.1, -0.05) is 64.6 Å². The van der Waals surface area contributed by atoms with Gasteiger partial charge in [0, 0.05) is 31.6 Å². The molecule has 2 aromatic rings. The van der Waals surface area contributed by atoms with E-state index in [9.17, 15) is 22.8 Å². The van der Waals surface area contributed by atoms with E-state index in [4.69, 9.17) is 34.8 Å². The minimum atomic E-state index is -4.58. The Labute approximate surface area is 217 Å². The molecule has 2 amide bonds. The van der Waals surface area contributed by atoms with Crippen LogP contribution in [0.15, 0.2) is 36.4 Å². The number of halogens is 6. The third-order valence-electron chi connectivity index (χ3n) is 5.97. The van der Waals surface area contributed by atoms with Crippen molar-refractivity contribution in [2.24, 2.45) is 0 Å². The van der Waals surface area contributed by atoms with Gasteiger partial charge in [-0.15, -0.1) is 0 Å². The normalized spacial score (nSPS) is 15.9. The number of nitrogens with one attached hydrogen (secondary N) is 1.